The van der Waals surface area contributed by atoms with Crippen LogP contribution < -0.4 is 10.2 Å². The van der Waals surface area contributed by atoms with E-state index in [0.29, 0.717) is 33.6 Å². The summed E-state index contributed by atoms with van der Waals surface area (Å²) in [5, 5.41) is 0.397. The summed E-state index contributed by atoms with van der Waals surface area (Å²) in [6.07, 6.45) is 1.47. The van der Waals surface area contributed by atoms with E-state index in [0.717, 1.165) is 0 Å². The average Bonchev–Trinajstić information content (AvgIpc) is 2.65. The largest absolute Gasteiger partial charge is 0.497 e. The molecule has 0 aliphatic heterocycles. The van der Waals surface area contributed by atoms with Crippen molar-refractivity contribution in [3.63, 3.8) is 0 Å². The van der Waals surface area contributed by atoms with Crippen molar-refractivity contribution in [2.24, 2.45) is 0 Å². The highest BCUT2D eigenvalue weighted by Crippen LogP contribution is 2.22. The van der Waals surface area contributed by atoms with Gasteiger partial charge in [0, 0.05) is 17.2 Å². The van der Waals surface area contributed by atoms with Crippen LogP contribution in [-0.4, -0.2) is 18.7 Å². The highest BCUT2D eigenvalue weighted by molar-refractivity contribution is 6.28. The Kier molecular flexibility index (Phi) is 5.03. The van der Waals surface area contributed by atoms with E-state index in [1.165, 1.54) is 26.2 Å². The van der Waals surface area contributed by atoms with E-state index in [9.17, 15) is 14.4 Å². The lowest BCUT2D eigenvalue weighted by Gasteiger charge is -2.07. The lowest BCUT2D eigenvalue weighted by atomic mass is 9.97. The van der Waals surface area contributed by atoms with Gasteiger partial charge in [-0.2, -0.15) is 0 Å². The maximum absolute atomic E-state index is 12.8. The van der Waals surface area contributed by atoms with Crippen molar-refractivity contribution in [2.45, 2.75) is 13.8 Å². The van der Waals surface area contributed by atoms with E-state index in [4.69, 9.17) is 9.15 Å². The summed E-state index contributed by atoms with van der Waals surface area (Å²) in [6.45, 7) is 3.01. The van der Waals surface area contributed by atoms with Gasteiger partial charge in [-0.25, -0.2) is 0 Å². The van der Waals surface area contributed by atoms with Crippen LogP contribution in [0.2, 0.25) is 0 Å². The van der Waals surface area contributed by atoms with Gasteiger partial charge in [0.2, 0.25) is 0 Å². The summed E-state index contributed by atoms with van der Waals surface area (Å²) in [4.78, 5) is 37.1. The minimum absolute atomic E-state index is 0.0109. The first kappa shape index (κ1) is 18.3. The van der Waals surface area contributed by atoms with Gasteiger partial charge in [0.05, 0.1) is 18.1 Å². The number of ether oxygens (including phenoxy) is 1. The zero-order valence-electron chi connectivity index (χ0n) is 15.2. The average molecular weight is 362 g/mol. The molecule has 5 nitrogen and oxygen atoms in total. The molecule has 136 valence electrons. The Morgan fingerprint density at radius 3 is 2.41 bits per heavy atom. The molecule has 0 radical (unpaired) electrons. The number of hydrogen-bond acceptors (Lipinski definition) is 5. The minimum Gasteiger partial charge on any atom is -0.497 e. The molecular weight excluding hydrogens is 344 g/mol. The summed E-state index contributed by atoms with van der Waals surface area (Å²) in [5.41, 5.74) is 1.06. The molecule has 0 saturated carbocycles. The Morgan fingerprint density at radius 1 is 1.07 bits per heavy atom. The van der Waals surface area contributed by atoms with Gasteiger partial charge in [0.15, 0.2) is 17.0 Å². The number of rotatable bonds is 5. The van der Waals surface area contributed by atoms with Crippen molar-refractivity contribution in [1.82, 2.24) is 0 Å². The lowest BCUT2D eigenvalue weighted by molar-refractivity contribution is -0.113. The molecule has 0 unspecified atom stereocenters. The van der Waals surface area contributed by atoms with E-state index in [1.807, 2.05) is 0 Å². The highest BCUT2D eigenvalue weighted by Gasteiger charge is 2.18. The van der Waals surface area contributed by atoms with E-state index in [1.54, 1.807) is 49.4 Å². The monoisotopic (exact) mass is 362 g/mol. The molecule has 0 fully saturated rings. The third kappa shape index (κ3) is 3.72. The zero-order valence-corrected chi connectivity index (χ0v) is 15.2. The van der Waals surface area contributed by atoms with Gasteiger partial charge in [-0.15, -0.1) is 0 Å². The van der Waals surface area contributed by atoms with E-state index in [-0.39, 0.29) is 16.8 Å². The molecule has 0 saturated heterocycles. The van der Waals surface area contributed by atoms with Crippen LogP contribution >= 0.6 is 0 Å². The SMILES string of the molecule is COc1ccc(C(=O)C(=Cc2cccc3c(=O)cc(C)oc23)C(C)=O)cc1. The third-order valence-corrected chi connectivity index (χ3v) is 4.18. The van der Waals surface area contributed by atoms with Crippen molar-refractivity contribution in [3.05, 3.63) is 81.2 Å². The fourth-order valence-corrected chi connectivity index (χ4v) is 2.81. The van der Waals surface area contributed by atoms with Gasteiger partial charge in [-0.1, -0.05) is 12.1 Å². The van der Waals surface area contributed by atoms with Crippen LogP contribution in [0.5, 0.6) is 5.75 Å². The van der Waals surface area contributed by atoms with Crippen LogP contribution in [0.25, 0.3) is 17.0 Å². The second kappa shape index (κ2) is 7.41. The van der Waals surface area contributed by atoms with Gasteiger partial charge < -0.3 is 9.15 Å². The molecule has 27 heavy (non-hydrogen) atoms. The number of para-hydroxylation sites is 1. The zero-order chi connectivity index (χ0) is 19.6. The molecule has 3 aromatic rings. The summed E-state index contributed by atoms with van der Waals surface area (Å²) in [5.74, 6) is 0.297. The third-order valence-electron chi connectivity index (χ3n) is 4.18. The predicted octanol–water partition coefficient (Wildman–Crippen LogP) is 3.97. The standard InChI is InChI=1S/C22H18O5/c1-13-11-20(24)18-6-4-5-16(22(18)27-13)12-19(14(2)23)21(25)15-7-9-17(26-3)10-8-15/h4-12H,1-3H3. The van der Waals surface area contributed by atoms with Crippen molar-refractivity contribution >= 4 is 28.6 Å². The number of methoxy groups -OCH3 is 1. The molecule has 5 heteroatoms. The Labute approximate surface area is 155 Å². The van der Waals surface area contributed by atoms with Gasteiger partial charge in [-0.3, -0.25) is 14.4 Å². The second-order valence-corrected chi connectivity index (χ2v) is 6.12. The van der Waals surface area contributed by atoms with Crippen LogP contribution in [0.3, 0.4) is 0 Å². The number of carbonyl (C=O) groups is 2. The van der Waals surface area contributed by atoms with Crippen LogP contribution in [0.1, 0.15) is 28.6 Å². The summed E-state index contributed by atoms with van der Waals surface area (Å²) in [6, 6.07) is 13.0. The number of ketones is 2. The fourth-order valence-electron chi connectivity index (χ4n) is 2.81. The molecule has 0 amide bonds. The summed E-state index contributed by atoms with van der Waals surface area (Å²) >= 11 is 0. The Morgan fingerprint density at radius 2 is 1.78 bits per heavy atom. The highest BCUT2D eigenvalue weighted by atomic mass is 16.5. The van der Waals surface area contributed by atoms with E-state index >= 15 is 0 Å². The minimum atomic E-state index is -0.405. The Hall–Kier alpha value is -3.47. The maximum atomic E-state index is 12.8. The van der Waals surface area contributed by atoms with Crippen molar-refractivity contribution in [3.8, 4) is 5.75 Å². The first-order valence-electron chi connectivity index (χ1n) is 8.35. The van der Waals surface area contributed by atoms with Crippen molar-refractivity contribution in [1.29, 1.82) is 0 Å². The Balaban J connectivity index is 2.14. The summed E-state index contributed by atoms with van der Waals surface area (Å²) < 4.78 is 10.8. The van der Waals surface area contributed by atoms with E-state index in [2.05, 4.69) is 0 Å². The normalized spacial score (nSPS) is 11.4. The number of aryl methyl sites for hydroxylation is 1. The topological polar surface area (TPSA) is 73.6 Å². The van der Waals surface area contributed by atoms with Gasteiger partial charge in [0.1, 0.15) is 17.1 Å². The number of allylic oxidation sites excluding steroid dienone is 1. The van der Waals surface area contributed by atoms with Crippen LogP contribution in [0, 0.1) is 6.92 Å². The predicted molar refractivity (Wildman–Crippen MR) is 103 cm³/mol. The summed E-state index contributed by atoms with van der Waals surface area (Å²) in [7, 11) is 1.54. The van der Waals surface area contributed by atoms with Crippen LogP contribution in [0.4, 0.5) is 0 Å². The molecular formula is C22H18O5. The second-order valence-electron chi connectivity index (χ2n) is 6.12. The molecule has 3 rings (SSSR count). The molecule has 0 bridgehead atoms. The lowest BCUT2D eigenvalue weighted by Crippen LogP contribution is -2.10. The number of benzene rings is 2. The van der Waals surface area contributed by atoms with Crippen molar-refractivity contribution in [2.75, 3.05) is 7.11 Å². The van der Waals surface area contributed by atoms with Crippen LogP contribution in [-0.2, 0) is 4.79 Å². The first-order valence-corrected chi connectivity index (χ1v) is 8.35. The van der Waals surface area contributed by atoms with Gasteiger partial charge in [-0.05, 0) is 50.3 Å². The molecule has 0 atom stereocenters. The smallest absolute Gasteiger partial charge is 0.196 e. The fraction of sp³-hybridized carbons (Fsp3) is 0.136. The molecule has 0 aliphatic carbocycles. The molecule has 0 aliphatic rings. The van der Waals surface area contributed by atoms with Crippen LogP contribution in [0.15, 0.2) is 63.3 Å². The number of fused-ring (bicyclic) bond motifs is 1. The van der Waals surface area contributed by atoms with Crippen molar-refractivity contribution < 1.29 is 18.7 Å². The molecule has 0 spiro atoms. The number of hydrogen-bond donors (Lipinski definition) is 0. The van der Waals surface area contributed by atoms with Gasteiger partial charge >= 0.3 is 0 Å². The number of carbonyl (C=O) groups excluding carboxylic acids is 2. The van der Waals surface area contributed by atoms with E-state index < -0.39 is 5.78 Å². The molecule has 1 heterocycles. The quantitative estimate of drug-likeness (QED) is 0.297. The Bertz CT molecular complexity index is 1120. The maximum Gasteiger partial charge on any atom is 0.196 e. The molecule has 1 aromatic heterocycles. The molecule has 2 aromatic carbocycles. The molecule has 0 N–H and O–H groups in total. The first-order chi connectivity index (χ1) is 12.9. The number of Topliss-reactive ketones (excluding diaryl/α,β-unsaturated/α-hetero) is 2. The van der Waals surface area contributed by atoms with Gasteiger partial charge in [0.25, 0.3) is 0 Å².